The number of hydrogen-bond acceptors (Lipinski definition) is 3. The Morgan fingerprint density at radius 1 is 0.833 bits per heavy atom. The Morgan fingerprint density at radius 3 is 1.93 bits per heavy atom. The van der Waals surface area contributed by atoms with Crippen LogP contribution in [0.15, 0.2) is 73.1 Å². The van der Waals surface area contributed by atoms with Gasteiger partial charge in [0.1, 0.15) is 9.84 Å². The molecular formula is C26H35NO2S. The van der Waals surface area contributed by atoms with Gasteiger partial charge in [0.05, 0.1) is 0 Å². The van der Waals surface area contributed by atoms with Crippen LogP contribution in [0.3, 0.4) is 0 Å². The lowest BCUT2D eigenvalue weighted by molar-refractivity contribution is 0.603. The summed E-state index contributed by atoms with van der Waals surface area (Å²) in [6, 6.07) is 21.6. The van der Waals surface area contributed by atoms with Gasteiger partial charge < -0.3 is 0 Å². The second-order valence-corrected chi connectivity index (χ2v) is 9.67. The number of nitrogens with zero attached hydrogens (tertiary/aromatic N) is 1. The van der Waals surface area contributed by atoms with Crippen molar-refractivity contribution in [1.29, 1.82) is 0 Å². The van der Waals surface area contributed by atoms with E-state index in [0.29, 0.717) is 0 Å². The number of aryl methyl sites for hydroxylation is 3. The van der Waals surface area contributed by atoms with Crippen molar-refractivity contribution in [3.63, 3.8) is 0 Å². The van der Waals surface area contributed by atoms with Crippen LogP contribution in [0.4, 0.5) is 0 Å². The van der Waals surface area contributed by atoms with Gasteiger partial charge in [-0.2, -0.15) is 0 Å². The third-order valence-electron chi connectivity index (χ3n) is 4.50. The fourth-order valence-corrected chi connectivity index (χ4v) is 2.58. The van der Waals surface area contributed by atoms with E-state index in [1.807, 2.05) is 12.3 Å². The number of sulfone groups is 1. The summed E-state index contributed by atoms with van der Waals surface area (Å²) in [4.78, 5) is 3.96. The molecule has 0 aliphatic carbocycles. The zero-order chi connectivity index (χ0) is 22.4. The number of aromatic nitrogens is 1. The third-order valence-corrected chi connectivity index (χ3v) is 5.55. The van der Waals surface area contributed by atoms with E-state index in [0.717, 1.165) is 6.42 Å². The van der Waals surface area contributed by atoms with Crippen LogP contribution < -0.4 is 0 Å². The minimum atomic E-state index is -2.66. The van der Waals surface area contributed by atoms with E-state index in [9.17, 15) is 8.42 Å². The molecule has 3 nitrogen and oxygen atoms in total. The molecule has 30 heavy (non-hydrogen) atoms. The molecule has 1 heterocycles. The van der Waals surface area contributed by atoms with Gasteiger partial charge in [0.15, 0.2) is 0 Å². The topological polar surface area (TPSA) is 47.0 Å². The van der Waals surface area contributed by atoms with Crippen LogP contribution in [0.1, 0.15) is 43.9 Å². The molecule has 0 atom stereocenters. The van der Waals surface area contributed by atoms with E-state index in [4.69, 9.17) is 0 Å². The molecule has 0 fully saturated rings. The zero-order valence-electron chi connectivity index (χ0n) is 18.9. The predicted octanol–water partition coefficient (Wildman–Crippen LogP) is 6.31. The summed E-state index contributed by atoms with van der Waals surface area (Å²) in [7, 11) is -2.66. The Bertz CT molecular complexity index is 950. The largest absolute Gasteiger partial charge is 0.264 e. The molecule has 0 saturated carbocycles. The first-order valence-corrected chi connectivity index (χ1v) is 12.6. The third kappa shape index (κ3) is 10.9. The van der Waals surface area contributed by atoms with Crippen molar-refractivity contribution in [1.82, 2.24) is 4.98 Å². The second-order valence-electron chi connectivity index (χ2n) is 7.25. The fourth-order valence-electron chi connectivity index (χ4n) is 2.58. The van der Waals surface area contributed by atoms with E-state index in [1.54, 1.807) is 13.1 Å². The number of benzene rings is 2. The van der Waals surface area contributed by atoms with Gasteiger partial charge in [0, 0.05) is 24.4 Å². The maximum Gasteiger partial charge on any atom is 0.147 e. The average molecular weight is 426 g/mol. The summed E-state index contributed by atoms with van der Waals surface area (Å²) in [5.41, 5.74) is 6.66. The number of rotatable bonds is 5. The summed E-state index contributed by atoms with van der Waals surface area (Å²) < 4.78 is 20.0. The molecular weight excluding hydrogens is 390 g/mol. The maximum absolute atomic E-state index is 10.0. The van der Waals surface area contributed by atoms with Gasteiger partial charge in [-0.3, -0.25) is 4.98 Å². The smallest absolute Gasteiger partial charge is 0.147 e. The Kier molecular flexibility index (Phi) is 11.7. The monoisotopic (exact) mass is 425 g/mol. The predicted molar refractivity (Wildman–Crippen MR) is 130 cm³/mol. The standard InChI is InChI=1S/C16H18.C7H9N.C3H8O2S/c1-3-5-14-8-10-15(11-9-14)16-7-4-6-13(2)12-16;1-2-7-4-3-5-8-6-7;1-3-6(2,4)5/h4,6-12H,3,5H2,1-2H3;3-6H,2H2,1H3;3H2,1-2H3. The molecule has 0 aliphatic rings. The van der Waals surface area contributed by atoms with Gasteiger partial charge >= 0.3 is 0 Å². The molecule has 0 N–H and O–H groups in total. The van der Waals surface area contributed by atoms with Crippen molar-refractivity contribution in [3.05, 3.63) is 89.7 Å². The van der Waals surface area contributed by atoms with Crippen LogP contribution >= 0.6 is 0 Å². The van der Waals surface area contributed by atoms with Crippen molar-refractivity contribution in [2.75, 3.05) is 12.0 Å². The lowest BCUT2D eigenvalue weighted by atomic mass is 10.0. The van der Waals surface area contributed by atoms with Crippen LogP contribution in [0.2, 0.25) is 0 Å². The molecule has 1 aromatic heterocycles. The zero-order valence-corrected chi connectivity index (χ0v) is 19.7. The van der Waals surface area contributed by atoms with E-state index in [2.05, 4.69) is 80.4 Å². The summed E-state index contributed by atoms with van der Waals surface area (Å²) >= 11 is 0. The van der Waals surface area contributed by atoms with Gasteiger partial charge in [-0.25, -0.2) is 8.42 Å². The van der Waals surface area contributed by atoms with E-state index in [-0.39, 0.29) is 5.75 Å². The van der Waals surface area contributed by atoms with E-state index >= 15 is 0 Å². The van der Waals surface area contributed by atoms with Crippen molar-refractivity contribution >= 4 is 9.84 Å². The highest BCUT2D eigenvalue weighted by Crippen LogP contribution is 2.21. The van der Waals surface area contributed by atoms with Gasteiger partial charge in [-0.05, 0) is 48.1 Å². The highest BCUT2D eigenvalue weighted by molar-refractivity contribution is 7.90. The SMILES string of the molecule is CCCc1ccc(-c2cccc(C)c2)cc1.CCS(C)(=O)=O.CCc1cccnc1. The highest BCUT2D eigenvalue weighted by atomic mass is 32.2. The number of pyridine rings is 1. The summed E-state index contributed by atoms with van der Waals surface area (Å²) in [5, 5.41) is 0. The molecule has 3 aromatic rings. The van der Waals surface area contributed by atoms with Gasteiger partial charge in [-0.15, -0.1) is 0 Å². The first-order chi connectivity index (χ1) is 14.3. The fraction of sp³-hybridized carbons (Fsp3) is 0.346. The van der Waals surface area contributed by atoms with Crippen LogP contribution in [-0.2, 0) is 22.7 Å². The molecule has 0 unspecified atom stereocenters. The molecule has 4 heteroatoms. The maximum atomic E-state index is 10.0. The minimum absolute atomic E-state index is 0.243. The minimum Gasteiger partial charge on any atom is -0.264 e. The van der Waals surface area contributed by atoms with E-state index in [1.165, 1.54) is 46.9 Å². The Morgan fingerprint density at radius 2 is 1.50 bits per heavy atom. The van der Waals surface area contributed by atoms with Crippen molar-refractivity contribution in [2.24, 2.45) is 0 Å². The first kappa shape index (κ1) is 25.6. The number of hydrogen-bond donors (Lipinski definition) is 0. The lowest BCUT2D eigenvalue weighted by Gasteiger charge is -2.04. The van der Waals surface area contributed by atoms with Crippen LogP contribution in [0.5, 0.6) is 0 Å². The van der Waals surface area contributed by atoms with Crippen LogP contribution in [-0.4, -0.2) is 25.4 Å². The molecule has 2 aromatic carbocycles. The quantitative estimate of drug-likeness (QED) is 0.481. The van der Waals surface area contributed by atoms with E-state index < -0.39 is 9.84 Å². The molecule has 0 spiro atoms. The second kappa shape index (κ2) is 13.7. The highest BCUT2D eigenvalue weighted by Gasteiger charge is 1.98. The van der Waals surface area contributed by atoms with Gasteiger partial charge in [-0.1, -0.05) is 87.4 Å². The Labute approximate surface area is 183 Å². The summed E-state index contributed by atoms with van der Waals surface area (Å²) in [6.45, 7) is 8.09. The molecule has 0 saturated heterocycles. The van der Waals surface area contributed by atoms with Gasteiger partial charge in [0.2, 0.25) is 0 Å². The first-order valence-electron chi connectivity index (χ1n) is 10.5. The van der Waals surface area contributed by atoms with Crippen molar-refractivity contribution < 1.29 is 8.42 Å². The van der Waals surface area contributed by atoms with Crippen LogP contribution in [0, 0.1) is 6.92 Å². The van der Waals surface area contributed by atoms with Crippen LogP contribution in [0.25, 0.3) is 11.1 Å². The molecule has 0 bridgehead atoms. The molecule has 0 radical (unpaired) electrons. The normalized spacial score (nSPS) is 10.3. The summed E-state index contributed by atoms with van der Waals surface area (Å²) in [6.07, 6.45) is 8.36. The average Bonchev–Trinajstić information content (AvgIpc) is 2.75. The van der Waals surface area contributed by atoms with Gasteiger partial charge in [0.25, 0.3) is 0 Å². The Balaban J connectivity index is 0.000000268. The van der Waals surface area contributed by atoms with Crippen molar-refractivity contribution in [2.45, 2.75) is 47.0 Å². The van der Waals surface area contributed by atoms with Crippen molar-refractivity contribution in [3.8, 4) is 11.1 Å². The molecule has 0 amide bonds. The lowest BCUT2D eigenvalue weighted by Crippen LogP contribution is -1.96. The molecule has 0 aliphatic heterocycles. The molecule has 162 valence electrons. The molecule has 3 rings (SSSR count). The Hall–Kier alpha value is -2.46. The summed E-state index contributed by atoms with van der Waals surface area (Å²) in [5.74, 6) is 0.243.